The SMILES string of the molecule is CC[C@H](C)NC(=O)[C@H](C)Nc1ccc(N2CCCS2(=O)=O)cc1. The summed E-state index contributed by atoms with van der Waals surface area (Å²) in [5, 5.41) is 6.06. The van der Waals surface area contributed by atoms with E-state index in [1.165, 1.54) is 4.31 Å². The maximum atomic E-state index is 12.0. The number of benzene rings is 1. The molecule has 0 spiro atoms. The molecule has 2 rings (SSSR count). The molecule has 1 heterocycles. The van der Waals surface area contributed by atoms with Gasteiger partial charge in [0.15, 0.2) is 0 Å². The average molecular weight is 339 g/mol. The molecule has 6 nitrogen and oxygen atoms in total. The van der Waals surface area contributed by atoms with Crippen LogP contribution in [0.4, 0.5) is 11.4 Å². The van der Waals surface area contributed by atoms with Crippen LogP contribution in [0.1, 0.15) is 33.6 Å². The highest BCUT2D eigenvalue weighted by Gasteiger charge is 2.28. The van der Waals surface area contributed by atoms with Gasteiger partial charge in [0, 0.05) is 18.3 Å². The van der Waals surface area contributed by atoms with Crippen molar-refractivity contribution in [2.45, 2.75) is 45.7 Å². The quantitative estimate of drug-likeness (QED) is 0.830. The van der Waals surface area contributed by atoms with E-state index >= 15 is 0 Å². The molecule has 1 aliphatic rings. The van der Waals surface area contributed by atoms with Gasteiger partial charge in [-0.3, -0.25) is 9.10 Å². The molecule has 0 aliphatic carbocycles. The summed E-state index contributed by atoms with van der Waals surface area (Å²) in [7, 11) is -3.16. The Balaban J connectivity index is 1.99. The number of carbonyl (C=O) groups is 1. The lowest BCUT2D eigenvalue weighted by molar-refractivity contribution is -0.122. The molecular formula is C16H25N3O3S. The van der Waals surface area contributed by atoms with Gasteiger partial charge < -0.3 is 10.6 Å². The summed E-state index contributed by atoms with van der Waals surface area (Å²) in [5.74, 6) is 0.158. The smallest absolute Gasteiger partial charge is 0.242 e. The second-order valence-corrected chi connectivity index (χ2v) is 7.99. The molecule has 0 bridgehead atoms. The van der Waals surface area contributed by atoms with Crippen LogP contribution in [-0.2, 0) is 14.8 Å². The van der Waals surface area contributed by atoms with Crippen molar-refractivity contribution in [3.63, 3.8) is 0 Å². The molecule has 0 saturated carbocycles. The minimum atomic E-state index is -3.16. The Bertz CT molecular complexity index is 643. The molecule has 128 valence electrons. The van der Waals surface area contributed by atoms with Crippen molar-refractivity contribution in [3.05, 3.63) is 24.3 Å². The van der Waals surface area contributed by atoms with E-state index in [0.717, 1.165) is 12.1 Å². The van der Waals surface area contributed by atoms with Gasteiger partial charge in [0.2, 0.25) is 15.9 Å². The zero-order chi connectivity index (χ0) is 17.0. The minimum absolute atomic E-state index is 0.0504. The van der Waals surface area contributed by atoms with Gasteiger partial charge in [-0.2, -0.15) is 0 Å². The first-order valence-corrected chi connectivity index (χ1v) is 9.62. The fourth-order valence-electron chi connectivity index (χ4n) is 2.44. The van der Waals surface area contributed by atoms with Gasteiger partial charge in [-0.05, 0) is 51.0 Å². The van der Waals surface area contributed by atoms with Crippen molar-refractivity contribution in [3.8, 4) is 0 Å². The summed E-state index contributed by atoms with van der Waals surface area (Å²) >= 11 is 0. The number of sulfonamides is 1. The molecular weight excluding hydrogens is 314 g/mol. The first-order chi connectivity index (χ1) is 10.8. The number of nitrogens with one attached hydrogen (secondary N) is 2. The predicted octanol–water partition coefficient (Wildman–Crippen LogP) is 1.94. The third-order valence-electron chi connectivity index (χ3n) is 4.03. The number of hydrogen-bond acceptors (Lipinski definition) is 4. The molecule has 0 aromatic heterocycles. The number of carbonyl (C=O) groups excluding carboxylic acids is 1. The molecule has 2 atom stereocenters. The Kier molecular flexibility index (Phi) is 5.51. The lowest BCUT2D eigenvalue weighted by Gasteiger charge is -2.20. The summed E-state index contributed by atoms with van der Waals surface area (Å²) in [5.41, 5.74) is 1.46. The van der Waals surface area contributed by atoms with E-state index in [1.807, 2.05) is 13.8 Å². The summed E-state index contributed by atoms with van der Waals surface area (Å²) in [4.78, 5) is 12.0. The Morgan fingerprint density at radius 3 is 2.43 bits per heavy atom. The lowest BCUT2D eigenvalue weighted by Crippen LogP contribution is -2.41. The van der Waals surface area contributed by atoms with E-state index in [2.05, 4.69) is 10.6 Å². The van der Waals surface area contributed by atoms with Crippen LogP contribution in [0.25, 0.3) is 0 Å². The number of nitrogens with zero attached hydrogens (tertiary/aromatic N) is 1. The lowest BCUT2D eigenvalue weighted by atomic mass is 10.2. The van der Waals surface area contributed by atoms with E-state index < -0.39 is 10.0 Å². The predicted molar refractivity (Wildman–Crippen MR) is 93.2 cm³/mol. The summed E-state index contributed by atoms with van der Waals surface area (Å²) in [6.45, 7) is 6.32. The largest absolute Gasteiger partial charge is 0.374 e. The Morgan fingerprint density at radius 2 is 1.91 bits per heavy atom. The van der Waals surface area contributed by atoms with Gasteiger partial charge in [0.05, 0.1) is 11.4 Å². The van der Waals surface area contributed by atoms with Crippen molar-refractivity contribution in [2.24, 2.45) is 0 Å². The second kappa shape index (κ2) is 7.21. The van der Waals surface area contributed by atoms with Crippen molar-refractivity contribution in [1.29, 1.82) is 0 Å². The number of rotatable bonds is 6. The third kappa shape index (κ3) is 4.37. The van der Waals surface area contributed by atoms with Crippen LogP contribution >= 0.6 is 0 Å². The molecule has 1 fully saturated rings. The van der Waals surface area contributed by atoms with E-state index in [4.69, 9.17) is 0 Å². The average Bonchev–Trinajstić information content (AvgIpc) is 2.87. The maximum Gasteiger partial charge on any atom is 0.242 e. The van der Waals surface area contributed by atoms with Gasteiger partial charge in [0.25, 0.3) is 0 Å². The molecule has 1 aliphatic heterocycles. The van der Waals surface area contributed by atoms with Gasteiger partial charge in [0.1, 0.15) is 6.04 Å². The van der Waals surface area contributed by atoms with Crippen molar-refractivity contribution in [1.82, 2.24) is 5.32 Å². The fraction of sp³-hybridized carbons (Fsp3) is 0.562. The van der Waals surface area contributed by atoms with Gasteiger partial charge in [-0.25, -0.2) is 8.42 Å². The zero-order valence-corrected chi connectivity index (χ0v) is 14.7. The molecule has 1 aromatic carbocycles. The summed E-state index contributed by atoms with van der Waals surface area (Å²) in [6, 6.07) is 6.93. The van der Waals surface area contributed by atoms with E-state index in [1.54, 1.807) is 31.2 Å². The number of hydrogen-bond donors (Lipinski definition) is 2. The molecule has 0 radical (unpaired) electrons. The maximum absolute atomic E-state index is 12.0. The van der Waals surface area contributed by atoms with E-state index in [9.17, 15) is 13.2 Å². The van der Waals surface area contributed by atoms with Crippen LogP contribution in [0.3, 0.4) is 0 Å². The van der Waals surface area contributed by atoms with Crippen LogP contribution in [-0.4, -0.2) is 38.7 Å². The molecule has 1 saturated heterocycles. The van der Waals surface area contributed by atoms with Gasteiger partial charge in [-0.15, -0.1) is 0 Å². The van der Waals surface area contributed by atoms with Crippen LogP contribution < -0.4 is 14.9 Å². The fourth-order valence-corrected chi connectivity index (χ4v) is 4.00. The molecule has 1 amide bonds. The topological polar surface area (TPSA) is 78.5 Å². The van der Waals surface area contributed by atoms with Crippen LogP contribution in [0.15, 0.2) is 24.3 Å². The Hall–Kier alpha value is -1.76. The highest BCUT2D eigenvalue weighted by atomic mass is 32.2. The minimum Gasteiger partial charge on any atom is -0.374 e. The number of anilines is 2. The molecule has 1 aromatic rings. The van der Waals surface area contributed by atoms with Crippen molar-refractivity contribution >= 4 is 27.3 Å². The third-order valence-corrected chi connectivity index (χ3v) is 5.90. The second-order valence-electron chi connectivity index (χ2n) is 5.97. The van der Waals surface area contributed by atoms with E-state index in [0.29, 0.717) is 18.7 Å². The summed E-state index contributed by atoms with van der Waals surface area (Å²) in [6.07, 6.45) is 1.55. The standard InChI is InChI=1S/C16H25N3O3S/c1-4-12(2)17-16(20)13(3)18-14-6-8-15(9-7-14)19-10-5-11-23(19,21)22/h6-9,12-13,18H,4-5,10-11H2,1-3H3,(H,17,20)/t12-,13-/m0/s1. The molecule has 0 unspecified atom stereocenters. The Labute approximate surface area is 138 Å². The monoisotopic (exact) mass is 339 g/mol. The first kappa shape index (κ1) is 17.6. The van der Waals surface area contributed by atoms with E-state index in [-0.39, 0.29) is 23.7 Å². The molecule has 23 heavy (non-hydrogen) atoms. The van der Waals surface area contributed by atoms with Crippen molar-refractivity contribution < 1.29 is 13.2 Å². The summed E-state index contributed by atoms with van der Waals surface area (Å²) < 4.78 is 25.2. The number of amides is 1. The normalized spacial score (nSPS) is 19.2. The van der Waals surface area contributed by atoms with Crippen molar-refractivity contribution in [2.75, 3.05) is 21.9 Å². The molecule has 2 N–H and O–H groups in total. The van der Waals surface area contributed by atoms with Crippen LogP contribution in [0.2, 0.25) is 0 Å². The highest BCUT2D eigenvalue weighted by Crippen LogP contribution is 2.25. The highest BCUT2D eigenvalue weighted by molar-refractivity contribution is 7.93. The van der Waals surface area contributed by atoms with Gasteiger partial charge >= 0.3 is 0 Å². The first-order valence-electron chi connectivity index (χ1n) is 8.01. The van der Waals surface area contributed by atoms with Crippen LogP contribution in [0, 0.1) is 0 Å². The Morgan fingerprint density at radius 1 is 1.26 bits per heavy atom. The van der Waals surface area contributed by atoms with Crippen LogP contribution in [0.5, 0.6) is 0 Å². The molecule has 7 heteroatoms. The van der Waals surface area contributed by atoms with Gasteiger partial charge in [-0.1, -0.05) is 6.92 Å². The zero-order valence-electron chi connectivity index (χ0n) is 13.9.